The molecule has 1 aliphatic rings. The van der Waals surface area contributed by atoms with Crippen molar-refractivity contribution in [2.75, 3.05) is 16.8 Å². The lowest BCUT2D eigenvalue weighted by Gasteiger charge is -2.17. The fraction of sp³-hybridized carbons (Fsp3) is 0.222. The Hall–Kier alpha value is -3.10. The number of halogens is 4. The molecule has 1 heterocycles. The molecule has 0 radical (unpaired) electrons. The van der Waals surface area contributed by atoms with Crippen LogP contribution < -0.4 is 15.5 Å². The van der Waals surface area contributed by atoms with Gasteiger partial charge in [0.1, 0.15) is 5.82 Å². The van der Waals surface area contributed by atoms with Crippen molar-refractivity contribution in [3.05, 3.63) is 59.9 Å². The first-order valence-electron chi connectivity index (χ1n) is 8.03. The van der Waals surface area contributed by atoms with Crippen LogP contribution in [0.2, 0.25) is 0 Å². The number of nitrogens with one attached hydrogen (secondary N) is 2. The van der Waals surface area contributed by atoms with Crippen LogP contribution in [-0.4, -0.2) is 24.5 Å². The molecule has 9 heteroatoms. The van der Waals surface area contributed by atoms with Gasteiger partial charge >= 0.3 is 12.2 Å². The summed E-state index contributed by atoms with van der Waals surface area (Å²) >= 11 is 0. The molecule has 1 aliphatic heterocycles. The number of benzene rings is 2. The third kappa shape index (κ3) is 4.55. The van der Waals surface area contributed by atoms with Crippen LogP contribution in [0, 0.1) is 5.82 Å². The zero-order valence-corrected chi connectivity index (χ0v) is 13.9. The first-order chi connectivity index (χ1) is 12.7. The number of anilines is 2. The van der Waals surface area contributed by atoms with Gasteiger partial charge in [0.05, 0.1) is 11.6 Å². The van der Waals surface area contributed by atoms with Crippen molar-refractivity contribution in [1.82, 2.24) is 5.32 Å². The van der Waals surface area contributed by atoms with Crippen LogP contribution in [0.4, 0.5) is 33.7 Å². The van der Waals surface area contributed by atoms with Crippen molar-refractivity contribution in [3.63, 3.8) is 0 Å². The summed E-state index contributed by atoms with van der Waals surface area (Å²) in [5, 5.41) is 5.01. The largest absolute Gasteiger partial charge is 0.416 e. The fourth-order valence-corrected chi connectivity index (χ4v) is 2.79. The van der Waals surface area contributed by atoms with E-state index in [2.05, 4.69) is 10.6 Å². The van der Waals surface area contributed by atoms with Crippen LogP contribution >= 0.6 is 0 Å². The number of nitrogens with zero attached hydrogens (tertiary/aromatic N) is 1. The van der Waals surface area contributed by atoms with Crippen LogP contribution in [0.5, 0.6) is 0 Å². The molecule has 142 valence electrons. The average Bonchev–Trinajstić information content (AvgIpc) is 2.94. The lowest BCUT2D eigenvalue weighted by molar-refractivity contribution is -0.137. The lowest BCUT2D eigenvalue weighted by Crippen LogP contribution is -2.39. The van der Waals surface area contributed by atoms with Gasteiger partial charge in [-0.15, -0.1) is 0 Å². The van der Waals surface area contributed by atoms with Crippen LogP contribution in [0.1, 0.15) is 12.0 Å². The van der Waals surface area contributed by atoms with Crippen molar-refractivity contribution in [2.45, 2.75) is 18.6 Å². The Labute approximate surface area is 152 Å². The zero-order valence-electron chi connectivity index (χ0n) is 13.9. The molecule has 2 aromatic rings. The summed E-state index contributed by atoms with van der Waals surface area (Å²) in [4.78, 5) is 25.5. The van der Waals surface area contributed by atoms with E-state index in [4.69, 9.17) is 0 Å². The van der Waals surface area contributed by atoms with Crippen molar-refractivity contribution < 1.29 is 27.2 Å². The number of hydrogen-bond donors (Lipinski definition) is 2. The topological polar surface area (TPSA) is 61.4 Å². The molecular weight excluding hydrogens is 366 g/mol. The molecule has 2 N–H and O–H groups in total. The van der Waals surface area contributed by atoms with Crippen LogP contribution in [0.15, 0.2) is 48.5 Å². The molecule has 0 spiro atoms. The van der Waals surface area contributed by atoms with E-state index in [1.165, 1.54) is 23.1 Å². The molecule has 1 fully saturated rings. The van der Waals surface area contributed by atoms with E-state index in [1.54, 1.807) is 6.07 Å². The second-order valence-corrected chi connectivity index (χ2v) is 6.06. The Morgan fingerprint density at radius 2 is 1.81 bits per heavy atom. The second kappa shape index (κ2) is 7.26. The van der Waals surface area contributed by atoms with Gasteiger partial charge in [0, 0.05) is 24.3 Å². The number of rotatable bonds is 3. The van der Waals surface area contributed by atoms with Gasteiger partial charge in [0.25, 0.3) is 0 Å². The quantitative estimate of drug-likeness (QED) is 0.795. The summed E-state index contributed by atoms with van der Waals surface area (Å²) in [6.07, 6.45) is -4.41. The Kier molecular flexibility index (Phi) is 5.02. The third-order valence-corrected chi connectivity index (χ3v) is 4.05. The highest BCUT2D eigenvalue weighted by atomic mass is 19.4. The minimum Gasteiger partial charge on any atom is -0.333 e. The standard InChI is InChI=1S/C18H15F4N3O2/c19-12-2-1-3-15(8-12)25-10-14(9-16(25)26)24-17(27)23-13-6-4-11(5-7-13)18(20,21)22/h1-8,14H,9-10H2,(H2,23,24,27)/t14-/m0/s1. The zero-order chi connectivity index (χ0) is 19.6. The maximum atomic E-state index is 13.3. The van der Waals surface area contributed by atoms with Crippen LogP contribution in [-0.2, 0) is 11.0 Å². The minimum absolute atomic E-state index is 0.0386. The van der Waals surface area contributed by atoms with E-state index >= 15 is 0 Å². The summed E-state index contributed by atoms with van der Waals surface area (Å²) in [6.45, 7) is 0.169. The monoisotopic (exact) mass is 381 g/mol. The number of carbonyl (C=O) groups excluding carboxylic acids is 2. The van der Waals surface area contributed by atoms with Gasteiger partial charge in [-0.2, -0.15) is 13.2 Å². The summed E-state index contributed by atoms with van der Waals surface area (Å²) in [6, 6.07) is 8.41. The van der Waals surface area contributed by atoms with Gasteiger partial charge in [0.2, 0.25) is 5.91 Å². The third-order valence-electron chi connectivity index (χ3n) is 4.05. The molecule has 0 saturated carbocycles. The first-order valence-corrected chi connectivity index (χ1v) is 8.03. The van der Waals surface area contributed by atoms with Gasteiger partial charge in [-0.3, -0.25) is 4.79 Å². The SMILES string of the molecule is O=C(Nc1ccc(C(F)(F)F)cc1)N[C@H]1CC(=O)N(c2cccc(F)c2)C1. The summed E-state index contributed by atoms with van der Waals surface area (Å²) in [7, 11) is 0. The Morgan fingerprint density at radius 1 is 1.11 bits per heavy atom. The van der Waals surface area contributed by atoms with Gasteiger partial charge in [-0.25, -0.2) is 9.18 Å². The normalized spacial score (nSPS) is 17.1. The molecule has 3 rings (SSSR count). The number of amides is 3. The number of hydrogen-bond acceptors (Lipinski definition) is 2. The Morgan fingerprint density at radius 3 is 2.44 bits per heavy atom. The van der Waals surface area contributed by atoms with E-state index in [0.29, 0.717) is 5.69 Å². The second-order valence-electron chi connectivity index (χ2n) is 6.06. The molecule has 5 nitrogen and oxygen atoms in total. The summed E-state index contributed by atoms with van der Waals surface area (Å²) < 4.78 is 50.9. The maximum Gasteiger partial charge on any atom is 0.416 e. The van der Waals surface area contributed by atoms with Crippen molar-refractivity contribution in [2.24, 2.45) is 0 Å². The average molecular weight is 381 g/mol. The molecule has 27 heavy (non-hydrogen) atoms. The molecule has 1 saturated heterocycles. The van der Waals surface area contributed by atoms with Crippen LogP contribution in [0.25, 0.3) is 0 Å². The highest BCUT2D eigenvalue weighted by Crippen LogP contribution is 2.29. The van der Waals surface area contributed by atoms with Crippen LogP contribution in [0.3, 0.4) is 0 Å². The van der Waals surface area contributed by atoms with Gasteiger partial charge < -0.3 is 15.5 Å². The van der Waals surface area contributed by atoms with Crippen molar-refractivity contribution in [1.29, 1.82) is 0 Å². The number of carbonyl (C=O) groups is 2. The Bertz CT molecular complexity index is 852. The lowest BCUT2D eigenvalue weighted by atomic mass is 10.2. The van der Waals surface area contributed by atoms with E-state index in [-0.39, 0.29) is 24.6 Å². The highest BCUT2D eigenvalue weighted by molar-refractivity contribution is 5.97. The molecule has 1 atom stereocenters. The number of alkyl halides is 3. The van der Waals surface area contributed by atoms with Crippen molar-refractivity contribution >= 4 is 23.3 Å². The predicted octanol–water partition coefficient (Wildman–Crippen LogP) is 3.77. The smallest absolute Gasteiger partial charge is 0.333 e. The molecule has 3 amide bonds. The molecule has 0 bridgehead atoms. The first kappa shape index (κ1) is 18.7. The summed E-state index contributed by atoms with van der Waals surface area (Å²) in [5.41, 5.74) is -0.236. The van der Waals surface area contributed by atoms with E-state index in [0.717, 1.165) is 24.3 Å². The molecule has 0 aliphatic carbocycles. The van der Waals surface area contributed by atoms with E-state index in [1.807, 2.05) is 0 Å². The van der Waals surface area contributed by atoms with E-state index in [9.17, 15) is 27.2 Å². The fourth-order valence-electron chi connectivity index (χ4n) is 2.79. The predicted molar refractivity (Wildman–Crippen MR) is 90.8 cm³/mol. The molecule has 0 unspecified atom stereocenters. The number of urea groups is 1. The van der Waals surface area contributed by atoms with Gasteiger partial charge in [-0.1, -0.05) is 6.07 Å². The molecule has 2 aromatic carbocycles. The molecular formula is C18H15F4N3O2. The maximum absolute atomic E-state index is 13.3. The highest BCUT2D eigenvalue weighted by Gasteiger charge is 2.32. The summed E-state index contributed by atoms with van der Waals surface area (Å²) in [5.74, 6) is -0.739. The Balaban J connectivity index is 1.58. The van der Waals surface area contributed by atoms with Crippen molar-refractivity contribution in [3.8, 4) is 0 Å². The molecule has 0 aromatic heterocycles. The van der Waals surface area contributed by atoms with Gasteiger partial charge in [-0.05, 0) is 42.5 Å². The minimum atomic E-state index is -4.45. The van der Waals surface area contributed by atoms with E-state index < -0.39 is 29.6 Å². The van der Waals surface area contributed by atoms with Gasteiger partial charge in [0.15, 0.2) is 0 Å².